The first kappa shape index (κ1) is 14.5. The molecule has 2 aromatic heterocycles. The minimum atomic E-state index is -4.00. The summed E-state index contributed by atoms with van der Waals surface area (Å²) in [6.45, 7) is 2.59. The Morgan fingerprint density at radius 1 is 1.50 bits per heavy atom. The van der Waals surface area contributed by atoms with Crippen molar-refractivity contribution < 1.29 is 22.7 Å². The highest BCUT2D eigenvalue weighted by molar-refractivity contribution is 7.89. The topological polar surface area (TPSA) is 101 Å². The number of fused-ring (bicyclic) bond motifs is 1. The summed E-state index contributed by atoms with van der Waals surface area (Å²) in [7, 11) is -4.00. The van der Waals surface area contributed by atoms with Crippen LogP contribution in [0.15, 0.2) is 34.0 Å². The lowest BCUT2D eigenvalue weighted by Crippen LogP contribution is -2.40. The fourth-order valence-electron chi connectivity index (χ4n) is 1.78. The minimum Gasteiger partial charge on any atom is -0.480 e. The molecule has 0 spiro atoms. The van der Waals surface area contributed by atoms with E-state index < -0.39 is 28.6 Å². The van der Waals surface area contributed by atoms with E-state index in [4.69, 9.17) is 9.52 Å². The summed E-state index contributed by atoms with van der Waals surface area (Å²) in [5.41, 5.74) is 0.387. The molecule has 20 heavy (non-hydrogen) atoms. The first-order chi connectivity index (χ1) is 9.32. The van der Waals surface area contributed by atoms with Gasteiger partial charge in [-0.3, -0.25) is 9.78 Å². The molecule has 0 fully saturated rings. The minimum absolute atomic E-state index is 0.282. The fourth-order valence-corrected chi connectivity index (χ4v) is 3.32. The largest absolute Gasteiger partial charge is 0.480 e. The second-order valence-electron chi connectivity index (χ2n) is 4.52. The van der Waals surface area contributed by atoms with Gasteiger partial charge in [0.05, 0.1) is 0 Å². The SMILES string of the molecule is CC(C)N(CC(=O)O)S(=O)(=O)c1cc2cnccc2o1. The van der Waals surface area contributed by atoms with E-state index >= 15 is 0 Å². The molecule has 0 aromatic carbocycles. The molecule has 1 N–H and O–H groups in total. The molecule has 0 aliphatic heterocycles. The van der Waals surface area contributed by atoms with Crippen LogP contribution in [0.5, 0.6) is 0 Å². The van der Waals surface area contributed by atoms with Crippen molar-refractivity contribution in [1.29, 1.82) is 0 Å². The molecular formula is C12H14N2O5S. The molecule has 2 rings (SSSR count). The van der Waals surface area contributed by atoms with Gasteiger partial charge >= 0.3 is 5.97 Å². The summed E-state index contributed by atoms with van der Waals surface area (Å²) in [6, 6.07) is 2.39. The van der Waals surface area contributed by atoms with Gasteiger partial charge in [0.15, 0.2) is 0 Å². The van der Waals surface area contributed by atoms with Crippen LogP contribution < -0.4 is 0 Å². The maximum atomic E-state index is 12.4. The zero-order chi connectivity index (χ0) is 14.9. The number of carbonyl (C=O) groups is 1. The van der Waals surface area contributed by atoms with Crippen LogP contribution in [-0.4, -0.2) is 41.4 Å². The maximum Gasteiger partial charge on any atom is 0.318 e. The Hall–Kier alpha value is -1.93. The first-order valence-corrected chi connectivity index (χ1v) is 7.33. The Morgan fingerprint density at radius 2 is 2.20 bits per heavy atom. The molecule has 0 amide bonds. The summed E-state index contributed by atoms with van der Waals surface area (Å²) in [5.74, 6) is -1.22. The van der Waals surface area contributed by atoms with Gasteiger partial charge in [0.2, 0.25) is 5.09 Å². The van der Waals surface area contributed by atoms with Crippen molar-refractivity contribution in [2.75, 3.05) is 6.54 Å². The fraction of sp³-hybridized carbons (Fsp3) is 0.333. The van der Waals surface area contributed by atoms with Crippen LogP contribution in [0.3, 0.4) is 0 Å². The number of carboxylic acid groups (broad SMARTS) is 1. The van der Waals surface area contributed by atoms with E-state index in [1.54, 1.807) is 19.9 Å². The van der Waals surface area contributed by atoms with E-state index in [0.717, 1.165) is 4.31 Å². The van der Waals surface area contributed by atoms with Crippen molar-refractivity contribution in [1.82, 2.24) is 9.29 Å². The third-order valence-electron chi connectivity index (χ3n) is 2.72. The molecular weight excluding hydrogens is 284 g/mol. The number of aliphatic carboxylic acids is 1. The van der Waals surface area contributed by atoms with Crippen LogP contribution in [0.1, 0.15) is 13.8 Å². The Bertz CT molecular complexity index is 702. The van der Waals surface area contributed by atoms with Crippen LogP contribution in [0.4, 0.5) is 0 Å². The number of aromatic nitrogens is 1. The molecule has 7 nitrogen and oxygen atoms in total. The van der Waals surface area contributed by atoms with Crippen LogP contribution >= 0.6 is 0 Å². The molecule has 0 bridgehead atoms. The number of hydrogen-bond donors (Lipinski definition) is 1. The van der Waals surface area contributed by atoms with Crippen molar-refractivity contribution >= 4 is 27.0 Å². The van der Waals surface area contributed by atoms with Gasteiger partial charge in [-0.2, -0.15) is 4.31 Å². The Balaban J connectivity index is 2.49. The van der Waals surface area contributed by atoms with Gasteiger partial charge in [0, 0.05) is 29.9 Å². The molecule has 108 valence electrons. The lowest BCUT2D eigenvalue weighted by atomic mass is 10.3. The highest BCUT2D eigenvalue weighted by Gasteiger charge is 2.31. The Morgan fingerprint density at radius 3 is 2.75 bits per heavy atom. The van der Waals surface area contributed by atoms with E-state index in [2.05, 4.69) is 4.98 Å². The standard InChI is InChI=1S/C12H14N2O5S/c1-8(2)14(7-11(15)16)20(17,18)12-5-9-6-13-4-3-10(9)19-12/h3-6,8H,7H2,1-2H3,(H,15,16). The molecule has 2 aromatic rings. The van der Waals surface area contributed by atoms with Crippen LogP contribution in [0, 0.1) is 0 Å². The van der Waals surface area contributed by atoms with Gasteiger partial charge in [0.1, 0.15) is 12.1 Å². The molecule has 0 aliphatic rings. The number of furan rings is 1. The average Bonchev–Trinajstić information content (AvgIpc) is 2.79. The van der Waals surface area contributed by atoms with E-state index in [9.17, 15) is 13.2 Å². The number of nitrogens with zero attached hydrogens (tertiary/aromatic N) is 2. The van der Waals surface area contributed by atoms with Crippen molar-refractivity contribution in [2.24, 2.45) is 0 Å². The van der Waals surface area contributed by atoms with Crippen LogP contribution in [0.25, 0.3) is 11.0 Å². The van der Waals surface area contributed by atoms with Gasteiger partial charge < -0.3 is 9.52 Å². The number of pyridine rings is 1. The molecule has 0 unspecified atom stereocenters. The predicted octanol–water partition coefficient (Wildman–Crippen LogP) is 1.31. The lowest BCUT2D eigenvalue weighted by molar-refractivity contribution is -0.137. The number of sulfonamides is 1. The van der Waals surface area contributed by atoms with Crippen molar-refractivity contribution in [3.8, 4) is 0 Å². The first-order valence-electron chi connectivity index (χ1n) is 5.89. The molecule has 0 saturated heterocycles. The number of rotatable bonds is 5. The van der Waals surface area contributed by atoms with E-state index in [1.165, 1.54) is 18.5 Å². The van der Waals surface area contributed by atoms with Gasteiger partial charge in [-0.25, -0.2) is 8.42 Å². The van der Waals surface area contributed by atoms with E-state index in [-0.39, 0.29) is 5.09 Å². The molecule has 0 saturated carbocycles. The number of hydrogen-bond acceptors (Lipinski definition) is 5. The molecule has 8 heteroatoms. The van der Waals surface area contributed by atoms with Crippen molar-refractivity contribution in [2.45, 2.75) is 25.0 Å². The summed E-state index contributed by atoms with van der Waals surface area (Å²) in [4.78, 5) is 14.7. The van der Waals surface area contributed by atoms with Gasteiger partial charge in [0.25, 0.3) is 10.0 Å². The monoisotopic (exact) mass is 298 g/mol. The Kier molecular flexibility index (Phi) is 3.78. The zero-order valence-corrected chi connectivity index (χ0v) is 11.8. The summed E-state index contributed by atoms with van der Waals surface area (Å²) < 4.78 is 31.0. The second kappa shape index (κ2) is 5.22. The smallest absolute Gasteiger partial charge is 0.318 e. The molecule has 0 aliphatic carbocycles. The summed E-state index contributed by atoms with van der Waals surface area (Å²) in [6.07, 6.45) is 2.97. The van der Waals surface area contributed by atoms with Crippen LogP contribution in [-0.2, 0) is 14.8 Å². The summed E-state index contributed by atoms with van der Waals surface area (Å²) >= 11 is 0. The normalized spacial score (nSPS) is 12.4. The molecule has 0 radical (unpaired) electrons. The van der Waals surface area contributed by atoms with Crippen molar-refractivity contribution in [3.63, 3.8) is 0 Å². The highest BCUT2D eigenvalue weighted by Crippen LogP contribution is 2.25. The highest BCUT2D eigenvalue weighted by atomic mass is 32.2. The van der Waals surface area contributed by atoms with Crippen LogP contribution in [0.2, 0.25) is 0 Å². The predicted molar refractivity (Wildman–Crippen MR) is 70.7 cm³/mol. The van der Waals surface area contributed by atoms with Gasteiger partial charge in [-0.05, 0) is 19.9 Å². The third kappa shape index (κ3) is 2.66. The van der Waals surface area contributed by atoms with E-state index in [0.29, 0.717) is 11.0 Å². The number of carboxylic acids is 1. The molecule has 0 atom stereocenters. The summed E-state index contributed by atoms with van der Waals surface area (Å²) in [5, 5.41) is 9.10. The molecule has 2 heterocycles. The third-order valence-corrected chi connectivity index (χ3v) is 4.60. The quantitative estimate of drug-likeness (QED) is 0.893. The second-order valence-corrected chi connectivity index (χ2v) is 6.34. The lowest BCUT2D eigenvalue weighted by Gasteiger charge is -2.22. The maximum absolute atomic E-state index is 12.4. The van der Waals surface area contributed by atoms with Gasteiger partial charge in [-0.15, -0.1) is 0 Å². The van der Waals surface area contributed by atoms with E-state index in [1.807, 2.05) is 0 Å². The van der Waals surface area contributed by atoms with Crippen molar-refractivity contribution in [3.05, 3.63) is 24.5 Å². The Labute approximate surface area is 115 Å². The van der Waals surface area contributed by atoms with Gasteiger partial charge in [-0.1, -0.05) is 0 Å². The zero-order valence-electron chi connectivity index (χ0n) is 11.0. The average molecular weight is 298 g/mol.